The van der Waals surface area contributed by atoms with E-state index in [0.29, 0.717) is 6.54 Å². The predicted molar refractivity (Wildman–Crippen MR) is 119 cm³/mol. The van der Waals surface area contributed by atoms with Crippen LogP contribution in [0.5, 0.6) is 0 Å². The summed E-state index contributed by atoms with van der Waals surface area (Å²) in [5.74, 6) is 0. The molecule has 0 saturated carbocycles. The van der Waals surface area contributed by atoms with Crippen molar-refractivity contribution >= 4 is 10.8 Å². The summed E-state index contributed by atoms with van der Waals surface area (Å²) in [6, 6.07) is 34.6. The van der Waals surface area contributed by atoms with Gasteiger partial charge in [-0.2, -0.15) is 0 Å². The van der Waals surface area contributed by atoms with Gasteiger partial charge in [-0.1, -0.05) is 97.1 Å². The van der Waals surface area contributed by atoms with Crippen molar-refractivity contribution in [3.63, 3.8) is 0 Å². The van der Waals surface area contributed by atoms with E-state index in [1.165, 1.54) is 33.0 Å². The Morgan fingerprint density at radius 1 is 0.679 bits per heavy atom. The molecule has 4 aromatic rings. The third-order valence-corrected chi connectivity index (χ3v) is 5.29. The Morgan fingerprint density at radius 2 is 1.36 bits per heavy atom. The van der Waals surface area contributed by atoms with Crippen LogP contribution in [0, 0.1) is 0 Å². The van der Waals surface area contributed by atoms with Crippen LogP contribution in [0.15, 0.2) is 97.1 Å². The fourth-order valence-electron chi connectivity index (χ4n) is 3.69. The van der Waals surface area contributed by atoms with Crippen molar-refractivity contribution in [1.82, 2.24) is 5.32 Å². The molecule has 28 heavy (non-hydrogen) atoms. The number of hydrogen-bond acceptors (Lipinski definition) is 2. The van der Waals surface area contributed by atoms with Crippen molar-refractivity contribution in [2.24, 2.45) is 5.73 Å². The summed E-state index contributed by atoms with van der Waals surface area (Å²) in [5, 5.41) is 6.23. The zero-order chi connectivity index (χ0) is 19.2. The molecule has 0 aliphatic rings. The molecule has 140 valence electrons. The summed E-state index contributed by atoms with van der Waals surface area (Å²) in [4.78, 5) is 0. The maximum absolute atomic E-state index is 6.06. The molecule has 1 unspecified atom stereocenters. The van der Waals surface area contributed by atoms with Crippen molar-refractivity contribution in [3.05, 3.63) is 108 Å². The molecule has 0 spiro atoms. The number of hydrogen-bond donors (Lipinski definition) is 2. The third kappa shape index (κ3) is 4.30. The average molecular weight is 367 g/mol. The molecular weight excluding hydrogens is 340 g/mol. The van der Waals surface area contributed by atoms with E-state index in [9.17, 15) is 0 Å². The summed E-state index contributed by atoms with van der Waals surface area (Å²) >= 11 is 0. The van der Waals surface area contributed by atoms with E-state index in [-0.39, 0.29) is 6.04 Å². The van der Waals surface area contributed by atoms with E-state index >= 15 is 0 Å². The van der Waals surface area contributed by atoms with Crippen molar-refractivity contribution in [1.29, 1.82) is 0 Å². The maximum atomic E-state index is 6.06. The predicted octanol–water partition coefficient (Wildman–Crippen LogP) is 5.17. The van der Waals surface area contributed by atoms with Gasteiger partial charge in [0.25, 0.3) is 0 Å². The van der Waals surface area contributed by atoms with E-state index in [1.54, 1.807) is 0 Å². The molecule has 1 atom stereocenters. The minimum atomic E-state index is 0.251. The molecule has 0 aliphatic carbocycles. The highest BCUT2D eigenvalue weighted by Crippen LogP contribution is 2.20. The van der Waals surface area contributed by atoms with Gasteiger partial charge in [0.05, 0.1) is 0 Å². The van der Waals surface area contributed by atoms with Gasteiger partial charge in [-0.25, -0.2) is 0 Å². The zero-order valence-electron chi connectivity index (χ0n) is 16.0. The van der Waals surface area contributed by atoms with Crippen molar-refractivity contribution in [3.8, 4) is 11.1 Å². The van der Waals surface area contributed by atoms with Gasteiger partial charge in [-0.05, 0) is 39.4 Å². The Morgan fingerprint density at radius 3 is 2.14 bits per heavy atom. The maximum Gasteiger partial charge on any atom is 0.0233 e. The molecule has 0 aromatic heterocycles. The summed E-state index contributed by atoms with van der Waals surface area (Å²) < 4.78 is 0. The number of benzene rings is 4. The second-order valence-electron chi connectivity index (χ2n) is 7.22. The van der Waals surface area contributed by atoms with Crippen molar-refractivity contribution < 1.29 is 0 Å². The van der Waals surface area contributed by atoms with Crippen LogP contribution < -0.4 is 11.1 Å². The van der Waals surface area contributed by atoms with Crippen LogP contribution in [-0.4, -0.2) is 12.6 Å². The van der Waals surface area contributed by atoms with E-state index in [4.69, 9.17) is 5.73 Å². The Labute approximate surface area is 167 Å². The second-order valence-corrected chi connectivity index (χ2v) is 7.22. The van der Waals surface area contributed by atoms with Crippen LogP contribution in [0.25, 0.3) is 21.9 Å². The number of fused-ring (bicyclic) bond motifs is 1. The van der Waals surface area contributed by atoms with Crippen LogP contribution in [0.3, 0.4) is 0 Å². The minimum absolute atomic E-state index is 0.251. The lowest BCUT2D eigenvalue weighted by Gasteiger charge is -2.18. The summed E-state index contributed by atoms with van der Waals surface area (Å²) in [6.07, 6.45) is 0.927. The lowest BCUT2D eigenvalue weighted by molar-refractivity contribution is 0.517. The highest BCUT2D eigenvalue weighted by atomic mass is 14.9. The van der Waals surface area contributed by atoms with Gasteiger partial charge in [0, 0.05) is 19.1 Å². The first kappa shape index (κ1) is 18.4. The van der Waals surface area contributed by atoms with Gasteiger partial charge in [0.15, 0.2) is 0 Å². The quantitative estimate of drug-likeness (QED) is 0.474. The molecule has 0 bridgehead atoms. The third-order valence-electron chi connectivity index (χ3n) is 5.29. The molecule has 0 fully saturated rings. The molecule has 2 nitrogen and oxygen atoms in total. The first-order valence-electron chi connectivity index (χ1n) is 9.88. The largest absolute Gasteiger partial charge is 0.329 e. The highest BCUT2D eigenvalue weighted by Gasteiger charge is 2.09. The van der Waals surface area contributed by atoms with E-state index in [1.807, 2.05) is 6.07 Å². The molecule has 0 radical (unpaired) electrons. The van der Waals surface area contributed by atoms with Crippen molar-refractivity contribution in [2.45, 2.75) is 19.0 Å². The van der Waals surface area contributed by atoms with E-state index < -0.39 is 0 Å². The van der Waals surface area contributed by atoms with E-state index in [0.717, 1.165) is 13.0 Å². The van der Waals surface area contributed by atoms with Gasteiger partial charge in [0.2, 0.25) is 0 Å². The monoisotopic (exact) mass is 366 g/mol. The Balaban J connectivity index is 1.42. The van der Waals surface area contributed by atoms with Crippen LogP contribution in [0.4, 0.5) is 0 Å². The Hall–Kier alpha value is -2.94. The Kier molecular flexibility index (Phi) is 5.81. The molecule has 4 aromatic carbocycles. The smallest absolute Gasteiger partial charge is 0.0233 e. The highest BCUT2D eigenvalue weighted by molar-refractivity contribution is 5.85. The van der Waals surface area contributed by atoms with Gasteiger partial charge in [-0.15, -0.1) is 0 Å². The topological polar surface area (TPSA) is 38.0 Å². The van der Waals surface area contributed by atoms with E-state index in [2.05, 4.69) is 96.3 Å². The molecular formula is C26H26N2. The van der Waals surface area contributed by atoms with Gasteiger partial charge >= 0.3 is 0 Å². The zero-order valence-corrected chi connectivity index (χ0v) is 16.0. The fourth-order valence-corrected chi connectivity index (χ4v) is 3.69. The first-order chi connectivity index (χ1) is 13.8. The summed E-state index contributed by atoms with van der Waals surface area (Å²) in [6.45, 7) is 1.44. The summed E-state index contributed by atoms with van der Waals surface area (Å²) in [5.41, 5.74) is 11.2. The fraction of sp³-hybridized carbons (Fsp3) is 0.154. The van der Waals surface area contributed by atoms with Gasteiger partial charge < -0.3 is 11.1 Å². The molecule has 4 rings (SSSR count). The number of rotatable bonds is 7. The lowest BCUT2D eigenvalue weighted by atomic mass is 10.00. The normalized spacial score (nSPS) is 12.2. The second kappa shape index (κ2) is 8.83. The number of nitrogens with one attached hydrogen (secondary N) is 1. The Bertz CT molecular complexity index is 1020. The number of nitrogens with two attached hydrogens (primary N) is 1. The average Bonchev–Trinajstić information content (AvgIpc) is 2.77. The first-order valence-corrected chi connectivity index (χ1v) is 9.88. The molecule has 2 heteroatoms. The molecule has 3 N–H and O–H groups in total. The van der Waals surface area contributed by atoms with Crippen LogP contribution in [0.1, 0.15) is 11.1 Å². The minimum Gasteiger partial charge on any atom is -0.329 e. The molecule has 0 aliphatic heterocycles. The molecule has 0 heterocycles. The van der Waals surface area contributed by atoms with Gasteiger partial charge in [0.1, 0.15) is 0 Å². The van der Waals surface area contributed by atoms with Crippen LogP contribution in [0.2, 0.25) is 0 Å². The lowest BCUT2D eigenvalue weighted by Crippen LogP contribution is -2.37. The summed E-state index contributed by atoms with van der Waals surface area (Å²) in [7, 11) is 0. The molecule has 0 saturated heterocycles. The SMILES string of the molecule is NCC(Cc1ccc(-c2ccccc2)cc1)NCc1cccc2ccccc12. The standard InChI is InChI=1S/C26H26N2/c27-18-25(28-19-24-11-6-10-23-9-4-5-12-26(23)24)17-20-13-15-22(16-14-20)21-7-2-1-3-8-21/h1-16,25,28H,17-19,27H2. The van der Waals surface area contributed by atoms with Gasteiger partial charge in [-0.3, -0.25) is 0 Å². The van der Waals surface area contributed by atoms with Crippen LogP contribution >= 0.6 is 0 Å². The van der Waals surface area contributed by atoms with Crippen LogP contribution in [-0.2, 0) is 13.0 Å². The molecule has 0 amide bonds. The van der Waals surface area contributed by atoms with Crippen molar-refractivity contribution in [2.75, 3.05) is 6.54 Å².